The highest BCUT2D eigenvalue weighted by Gasteiger charge is 2.30. The third-order valence-corrected chi connectivity index (χ3v) is 3.07. The molecule has 0 fully saturated rings. The van der Waals surface area contributed by atoms with E-state index < -0.39 is 11.6 Å². The summed E-state index contributed by atoms with van der Waals surface area (Å²) in [7, 11) is 0. The highest BCUT2D eigenvalue weighted by atomic mass is 16.5. The van der Waals surface area contributed by atoms with Crippen molar-refractivity contribution in [3.8, 4) is 5.75 Å². The number of hydrogen-bond donors (Lipinski definition) is 2. The van der Waals surface area contributed by atoms with Crippen LogP contribution in [-0.4, -0.2) is 22.9 Å². The Morgan fingerprint density at radius 2 is 1.95 bits per heavy atom. The van der Waals surface area contributed by atoms with Crippen molar-refractivity contribution in [1.82, 2.24) is 5.06 Å². The van der Waals surface area contributed by atoms with Crippen LogP contribution in [0, 0.1) is 0 Å². The normalized spacial score (nSPS) is 11.2. The van der Waals surface area contributed by atoms with Gasteiger partial charge in [0, 0.05) is 0 Å². The summed E-state index contributed by atoms with van der Waals surface area (Å²) in [6.07, 6.45) is 2.10. The molecule has 0 saturated carbocycles. The summed E-state index contributed by atoms with van der Waals surface area (Å²) in [6, 6.07) is 6.39. The quantitative estimate of drug-likeness (QED) is 0.472. The molecule has 0 saturated heterocycles. The van der Waals surface area contributed by atoms with Crippen LogP contribution in [-0.2, 0) is 5.54 Å². The highest BCUT2D eigenvalue weighted by Crippen LogP contribution is 2.27. The lowest BCUT2D eigenvalue weighted by Crippen LogP contribution is -2.46. The summed E-state index contributed by atoms with van der Waals surface area (Å²) in [4.78, 5) is 11.0. The minimum atomic E-state index is -0.881. The van der Waals surface area contributed by atoms with Gasteiger partial charge in [0.2, 0.25) is 0 Å². The topological polar surface area (TPSA) is 75.8 Å². The van der Waals surface area contributed by atoms with E-state index in [-0.39, 0.29) is 0 Å². The molecule has 19 heavy (non-hydrogen) atoms. The van der Waals surface area contributed by atoms with Gasteiger partial charge in [0.1, 0.15) is 5.75 Å². The Morgan fingerprint density at radius 1 is 1.37 bits per heavy atom. The molecule has 1 aromatic rings. The zero-order chi connectivity index (χ0) is 14.5. The minimum absolute atomic E-state index is 0.528. The van der Waals surface area contributed by atoms with Gasteiger partial charge in [0.05, 0.1) is 12.1 Å². The van der Waals surface area contributed by atoms with E-state index in [0.29, 0.717) is 11.7 Å². The molecule has 106 valence electrons. The molecular formula is C14H22N2O3. The zero-order valence-electron chi connectivity index (χ0n) is 11.7. The van der Waals surface area contributed by atoms with E-state index in [2.05, 4.69) is 6.92 Å². The van der Waals surface area contributed by atoms with E-state index in [9.17, 15) is 10.0 Å². The maximum absolute atomic E-state index is 11.0. The molecule has 5 nitrogen and oxygen atoms in total. The number of rotatable bonds is 6. The van der Waals surface area contributed by atoms with Crippen LogP contribution in [0.1, 0.15) is 39.2 Å². The Kier molecular flexibility index (Phi) is 5.18. The summed E-state index contributed by atoms with van der Waals surface area (Å²) >= 11 is 0. The minimum Gasteiger partial charge on any atom is -0.494 e. The Bertz CT molecular complexity index is 415. The van der Waals surface area contributed by atoms with E-state index in [1.807, 2.05) is 24.3 Å². The first-order valence-corrected chi connectivity index (χ1v) is 6.41. The van der Waals surface area contributed by atoms with Gasteiger partial charge < -0.3 is 10.5 Å². The Labute approximate surface area is 113 Å². The molecule has 0 radical (unpaired) electrons. The van der Waals surface area contributed by atoms with Crippen molar-refractivity contribution in [2.24, 2.45) is 5.73 Å². The second-order valence-corrected chi connectivity index (χ2v) is 4.94. The van der Waals surface area contributed by atoms with Crippen LogP contribution in [0.5, 0.6) is 5.75 Å². The van der Waals surface area contributed by atoms with Gasteiger partial charge >= 0.3 is 6.03 Å². The molecule has 0 unspecified atom stereocenters. The number of urea groups is 1. The Morgan fingerprint density at radius 3 is 2.42 bits per heavy atom. The summed E-state index contributed by atoms with van der Waals surface area (Å²) in [5.41, 5.74) is 4.98. The lowest BCUT2D eigenvalue weighted by Gasteiger charge is -2.32. The van der Waals surface area contributed by atoms with Crippen LogP contribution in [0.4, 0.5) is 4.79 Å². The number of nitrogens with two attached hydrogens (primary N) is 1. The van der Waals surface area contributed by atoms with Gasteiger partial charge in [-0.05, 0) is 38.0 Å². The molecule has 0 heterocycles. The first kappa shape index (κ1) is 15.3. The van der Waals surface area contributed by atoms with Crippen molar-refractivity contribution in [2.45, 2.75) is 39.2 Å². The fourth-order valence-electron chi connectivity index (χ4n) is 1.69. The smallest absolute Gasteiger partial charge is 0.339 e. The molecule has 0 aliphatic heterocycles. The molecular weight excluding hydrogens is 244 g/mol. The number of carbonyl (C=O) groups is 1. The zero-order valence-corrected chi connectivity index (χ0v) is 11.7. The van der Waals surface area contributed by atoms with Gasteiger partial charge in [-0.3, -0.25) is 5.21 Å². The van der Waals surface area contributed by atoms with Gasteiger partial charge in [0.15, 0.2) is 0 Å². The standard InChI is InChI=1S/C14H22N2O3/c1-4-5-10-19-12-8-6-11(7-9-12)14(2,3)16(18)13(15)17/h6-9,18H,4-5,10H2,1-3H3,(H2,15,17). The van der Waals surface area contributed by atoms with E-state index in [1.54, 1.807) is 13.8 Å². The second-order valence-electron chi connectivity index (χ2n) is 4.94. The third-order valence-electron chi connectivity index (χ3n) is 3.07. The lowest BCUT2D eigenvalue weighted by molar-refractivity contribution is -0.114. The number of primary amides is 1. The van der Waals surface area contributed by atoms with E-state index >= 15 is 0 Å². The Hall–Kier alpha value is -1.75. The molecule has 0 spiro atoms. The summed E-state index contributed by atoms with van der Waals surface area (Å²) in [5.74, 6) is 0.775. The summed E-state index contributed by atoms with van der Waals surface area (Å²) in [5, 5.41) is 10.2. The second kappa shape index (κ2) is 6.43. The fourth-order valence-corrected chi connectivity index (χ4v) is 1.69. The number of nitrogens with zero attached hydrogens (tertiary/aromatic N) is 1. The number of hydrogen-bond acceptors (Lipinski definition) is 3. The average molecular weight is 266 g/mol. The van der Waals surface area contributed by atoms with Crippen LogP contribution in [0.25, 0.3) is 0 Å². The predicted molar refractivity (Wildman–Crippen MR) is 73.1 cm³/mol. The van der Waals surface area contributed by atoms with Crippen molar-refractivity contribution in [3.05, 3.63) is 29.8 Å². The highest BCUT2D eigenvalue weighted by molar-refractivity contribution is 5.71. The van der Waals surface area contributed by atoms with Gasteiger partial charge in [0.25, 0.3) is 0 Å². The van der Waals surface area contributed by atoms with Crippen molar-refractivity contribution in [1.29, 1.82) is 0 Å². The molecule has 3 N–H and O–H groups in total. The van der Waals surface area contributed by atoms with Crippen LogP contribution in [0.2, 0.25) is 0 Å². The number of carbonyl (C=O) groups excluding carboxylic acids is 1. The van der Waals surface area contributed by atoms with Crippen LogP contribution in [0.15, 0.2) is 24.3 Å². The monoisotopic (exact) mass is 266 g/mol. The molecule has 0 atom stereocenters. The van der Waals surface area contributed by atoms with E-state index in [1.165, 1.54) is 0 Å². The van der Waals surface area contributed by atoms with Gasteiger partial charge in [-0.2, -0.15) is 5.06 Å². The molecule has 5 heteroatoms. The van der Waals surface area contributed by atoms with Gasteiger partial charge in [-0.25, -0.2) is 4.79 Å². The molecule has 0 aliphatic carbocycles. The van der Waals surface area contributed by atoms with Gasteiger partial charge in [-0.1, -0.05) is 25.5 Å². The van der Waals surface area contributed by atoms with Crippen LogP contribution in [0.3, 0.4) is 0 Å². The molecule has 0 aromatic heterocycles. The number of benzene rings is 1. The maximum Gasteiger partial charge on any atom is 0.339 e. The van der Waals surface area contributed by atoms with Crippen molar-refractivity contribution < 1.29 is 14.7 Å². The SMILES string of the molecule is CCCCOc1ccc(C(C)(C)N(O)C(N)=O)cc1. The average Bonchev–Trinajstić information content (AvgIpc) is 2.38. The molecule has 0 aliphatic rings. The maximum atomic E-state index is 11.0. The number of unbranched alkanes of at least 4 members (excludes halogenated alkanes) is 1. The molecule has 0 bridgehead atoms. The van der Waals surface area contributed by atoms with Crippen molar-refractivity contribution >= 4 is 6.03 Å². The van der Waals surface area contributed by atoms with Crippen molar-refractivity contribution in [2.75, 3.05) is 6.61 Å². The molecule has 2 amide bonds. The fraction of sp³-hybridized carbons (Fsp3) is 0.500. The first-order chi connectivity index (χ1) is 8.89. The third kappa shape index (κ3) is 3.86. The van der Waals surface area contributed by atoms with Crippen LogP contribution >= 0.6 is 0 Å². The Balaban J connectivity index is 2.77. The molecule has 1 aromatic carbocycles. The number of ether oxygens (including phenoxy) is 1. The number of hydroxylamine groups is 2. The summed E-state index contributed by atoms with van der Waals surface area (Å²) in [6.45, 7) is 6.22. The molecule has 1 rings (SSSR count). The van der Waals surface area contributed by atoms with E-state index in [0.717, 1.165) is 24.2 Å². The largest absolute Gasteiger partial charge is 0.494 e. The predicted octanol–water partition coefficient (Wildman–Crippen LogP) is 2.87. The van der Waals surface area contributed by atoms with Crippen LogP contribution < -0.4 is 10.5 Å². The van der Waals surface area contributed by atoms with Gasteiger partial charge in [-0.15, -0.1) is 0 Å². The van der Waals surface area contributed by atoms with E-state index in [4.69, 9.17) is 10.5 Å². The first-order valence-electron chi connectivity index (χ1n) is 6.41. The summed E-state index contributed by atoms with van der Waals surface area (Å²) < 4.78 is 5.55. The van der Waals surface area contributed by atoms with Crippen molar-refractivity contribution in [3.63, 3.8) is 0 Å². The lowest BCUT2D eigenvalue weighted by atomic mass is 9.94. The number of amides is 2.